The molecule has 4 nitrogen and oxygen atoms in total. The number of nitrogens with zero attached hydrogens (tertiary/aromatic N) is 1. The van der Waals surface area contributed by atoms with Gasteiger partial charge in [-0.25, -0.2) is 0 Å². The molecule has 11 heavy (non-hydrogen) atoms. The van der Waals surface area contributed by atoms with Crippen LogP contribution in [0.3, 0.4) is 0 Å². The van der Waals surface area contributed by atoms with Gasteiger partial charge in [-0.15, -0.1) is 0 Å². The molecule has 1 aliphatic heterocycles. The first kappa shape index (κ1) is 8.33. The fourth-order valence-electron chi connectivity index (χ4n) is 1.40. The first-order valence-corrected chi connectivity index (χ1v) is 3.88. The zero-order chi connectivity index (χ0) is 8.43. The summed E-state index contributed by atoms with van der Waals surface area (Å²) in [5, 5.41) is 16.4. The topological polar surface area (TPSA) is 73.3 Å². The standard InChI is InChI=1S/C7H15N3O/c1-5(11)6-2-3-10(4-6)7(8)9/h5-6,11H,2-4H2,1H3,(H3,8,9)/t5-,6-/m0/s1. The Kier molecular flexibility index (Phi) is 2.34. The van der Waals surface area contributed by atoms with Gasteiger partial charge < -0.3 is 15.7 Å². The van der Waals surface area contributed by atoms with Crippen LogP contribution in [0.2, 0.25) is 0 Å². The Hall–Kier alpha value is -0.770. The molecule has 0 saturated carbocycles. The smallest absolute Gasteiger partial charge is 0.188 e. The summed E-state index contributed by atoms with van der Waals surface area (Å²) in [5.74, 6) is 0.409. The maximum absolute atomic E-state index is 9.21. The van der Waals surface area contributed by atoms with Crippen LogP contribution in [0.25, 0.3) is 0 Å². The predicted octanol–water partition coefficient (Wildman–Crippen LogP) is -0.417. The van der Waals surface area contributed by atoms with Crippen molar-refractivity contribution < 1.29 is 5.11 Å². The van der Waals surface area contributed by atoms with Gasteiger partial charge in [-0.05, 0) is 13.3 Å². The highest BCUT2D eigenvalue weighted by molar-refractivity contribution is 5.74. The Labute approximate surface area is 66.5 Å². The molecule has 1 heterocycles. The molecule has 0 bridgehead atoms. The summed E-state index contributed by atoms with van der Waals surface area (Å²) in [6.45, 7) is 3.33. The number of hydrogen-bond donors (Lipinski definition) is 3. The molecule has 1 fully saturated rings. The Morgan fingerprint density at radius 2 is 2.45 bits per heavy atom. The molecule has 0 unspecified atom stereocenters. The van der Waals surface area contributed by atoms with E-state index in [1.807, 2.05) is 0 Å². The minimum atomic E-state index is -0.278. The Balaban J connectivity index is 2.41. The summed E-state index contributed by atoms with van der Waals surface area (Å²) in [4.78, 5) is 1.79. The van der Waals surface area contributed by atoms with Gasteiger partial charge in [-0.2, -0.15) is 0 Å². The zero-order valence-corrected chi connectivity index (χ0v) is 6.75. The van der Waals surface area contributed by atoms with Gasteiger partial charge in [-0.3, -0.25) is 5.41 Å². The average Bonchev–Trinajstić information content (AvgIpc) is 2.33. The largest absolute Gasteiger partial charge is 0.393 e. The number of likely N-dealkylation sites (tertiary alicyclic amines) is 1. The number of hydrogen-bond acceptors (Lipinski definition) is 2. The summed E-state index contributed by atoms with van der Waals surface area (Å²) in [5.41, 5.74) is 5.29. The first-order chi connectivity index (χ1) is 5.11. The van der Waals surface area contributed by atoms with E-state index in [2.05, 4.69) is 0 Å². The van der Waals surface area contributed by atoms with Crippen LogP contribution in [-0.2, 0) is 0 Å². The highest BCUT2D eigenvalue weighted by Crippen LogP contribution is 2.18. The number of rotatable bonds is 1. The molecule has 1 aliphatic rings. The molecule has 0 spiro atoms. The van der Waals surface area contributed by atoms with Gasteiger partial charge in [0, 0.05) is 19.0 Å². The van der Waals surface area contributed by atoms with E-state index in [0.29, 0.717) is 5.92 Å². The van der Waals surface area contributed by atoms with E-state index >= 15 is 0 Å². The fraction of sp³-hybridized carbons (Fsp3) is 0.857. The molecule has 2 atom stereocenters. The monoisotopic (exact) mass is 157 g/mol. The van der Waals surface area contributed by atoms with Crippen molar-refractivity contribution in [3.05, 3.63) is 0 Å². The average molecular weight is 157 g/mol. The van der Waals surface area contributed by atoms with Crippen molar-refractivity contribution in [1.29, 1.82) is 5.41 Å². The van der Waals surface area contributed by atoms with Crippen LogP contribution in [-0.4, -0.2) is 35.2 Å². The van der Waals surface area contributed by atoms with Gasteiger partial charge in [-0.1, -0.05) is 0 Å². The molecule has 64 valence electrons. The van der Waals surface area contributed by atoms with Crippen LogP contribution in [0, 0.1) is 11.3 Å². The van der Waals surface area contributed by atoms with Gasteiger partial charge in [0.25, 0.3) is 0 Å². The quantitative estimate of drug-likeness (QED) is 0.357. The van der Waals surface area contributed by atoms with Crippen molar-refractivity contribution in [3.63, 3.8) is 0 Å². The van der Waals surface area contributed by atoms with Gasteiger partial charge >= 0.3 is 0 Å². The molecular weight excluding hydrogens is 142 g/mol. The summed E-state index contributed by atoms with van der Waals surface area (Å²) >= 11 is 0. The van der Waals surface area contributed by atoms with E-state index < -0.39 is 0 Å². The third-order valence-corrected chi connectivity index (χ3v) is 2.25. The number of nitrogens with one attached hydrogen (secondary N) is 1. The van der Waals surface area contributed by atoms with E-state index in [1.165, 1.54) is 0 Å². The maximum Gasteiger partial charge on any atom is 0.188 e. The Morgan fingerprint density at radius 3 is 2.73 bits per heavy atom. The lowest BCUT2D eigenvalue weighted by molar-refractivity contribution is 0.132. The van der Waals surface area contributed by atoms with E-state index in [0.717, 1.165) is 19.5 Å². The van der Waals surface area contributed by atoms with Crippen LogP contribution in [0.4, 0.5) is 0 Å². The zero-order valence-electron chi connectivity index (χ0n) is 6.75. The van der Waals surface area contributed by atoms with Gasteiger partial charge in [0.05, 0.1) is 6.10 Å². The highest BCUT2D eigenvalue weighted by atomic mass is 16.3. The summed E-state index contributed by atoms with van der Waals surface area (Å²) < 4.78 is 0. The molecule has 0 aromatic heterocycles. The molecule has 1 rings (SSSR count). The third-order valence-electron chi connectivity index (χ3n) is 2.25. The lowest BCUT2D eigenvalue weighted by Gasteiger charge is -2.16. The molecule has 0 aromatic rings. The fourth-order valence-corrected chi connectivity index (χ4v) is 1.40. The summed E-state index contributed by atoms with van der Waals surface area (Å²) in [6, 6.07) is 0. The predicted molar refractivity (Wildman–Crippen MR) is 43.3 cm³/mol. The lowest BCUT2D eigenvalue weighted by atomic mass is 10.0. The lowest BCUT2D eigenvalue weighted by Crippen LogP contribution is -2.35. The second-order valence-electron chi connectivity index (χ2n) is 3.12. The molecule has 1 saturated heterocycles. The molecule has 4 N–H and O–H groups in total. The molecule has 0 aliphatic carbocycles. The summed E-state index contributed by atoms with van der Waals surface area (Å²) in [7, 11) is 0. The van der Waals surface area contributed by atoms with Gasteiger partial charge in [0.15, 0.2) is 5.96 Å². The second-order valence-corrected chi connectivity index (χ2v) is 3.12. The number of aliphatic hydroxyl groups is 1. The van der Waals surface area contributed by atoms with E-state index in [4.69, 9.17) is 11.1 Å². The Morgan fingerprint density at radius 1 is 1.82 bits per heavy atom. The van der Waals surface area contributed by atoms with E-state index in [9.17, 15) is 5.11 Å². The highest BCUT2D eigenvalue weighted by Gasteiger charge is 2.26. The first-order valence-electron chi connectivity index (χ1n) is 3.88. The van der Waals surface area contributed by atoms with Crippen molar-refractivity contribution >= 4 is 5.96 Å². The van der Waals surface area contributed by atoms with E-state index in [1.54, 1.807) is 11.8 Å². The second kappa shape index (κ2) is 3.09. The van der Waals surface area contributed by atoms with Crippen LogP contribution in [0.5, 0.6) is 0 Å². The summed E-state index contributed by atoms with van der Waals surface area (Å²) in [6.07, 6.45) is 0.663. The minimum absolute atomic E-state index is 0.119. The van der Waals surface area contributed by atoms with Crippen molar-refractivity contribution in [2.75, 3.05) is 13.1 Å². The van der Waals surface area contributed by atoms with Crippen LogP contribution in [0.1, 0.15) is 13.3 Å². The van der Waals surface area contributed by atoms with Gasteiger partial charge in [0.2, 0.25) is 0 Å². The SMILES string of the molecule is C[C@H](O)[C@H]1CCN(C(=N)N)C1. The Bertz CT molecular complexity index is 158. The molecule has 0 aromatic carbocycles. The minimum Gasteiger partial charge on any atom is -0.393 e. The van der Waals surface area contributed by atoms with Crippen molar-refractivity contribution in [2.24, 2.45) is 11.7 Å². The van der Waals surface area contributed by atoms with Crippen LogP contribution >= 0.6 is 0 Å². The molecule has 0 amide bonds. The molecule has 4 heteroatoms. The van der Waals surface area contributed by atoms with Crippen molar-refractivity contribution in [1.82, 2.24) is 4.90 Å². The number of aliphatic hydroxyl groups excluding tert-OH is 1. The molecular formula is C7H15N3O. The van der Waals surface area contributed by atoms with Crippen molar-refractivity contribution in [2.45, 2.75) is 19.4 Å². The van der Waals surface area contributed by atoms with Crippen molar-refractivity contribution in [3.8, 4) is 0 Å². The van der Waals surface area contributed by atoms with E-state index in [-0.39, 0.29) is 12.1 Å². The van der Waals surface area contributed by atoms with Gasteiger partial charge in [0.1, 0.15) is 0 Å². The number of nitrogens with two attached hydrogens (primary N) is 1. The normalized spacial score (nSPS) is 27.1. The third kappa shape index (κ3) is 1.83. The molecule has 0 radical (unpaired) electrons. The van der Waals surface area contributed by atoms with Crippen LogP contribution < -0.4 is 5.73 Å². The maximum atomic E-state index is 9.21. The number of guanidine groups is 1. The van der Waals surface area contributed by atoms with Crippen LogP contribution in [0.15, 0.2) is 0 Å².